The number of nitrogens with zero attached hydrogens (tertiary/aromatic N) is 1. The Morgan fingerprint density at radius 3 is 2.46 bits per heavy atom. The Labute approximate surface area is 157 Å². The van der Waals surface area contributed by atoms with Gasteiger partial charge in [0.25, 0.3) is 0 Å². The topological polar surface area (TPSA) is 67.6 Å². The maximum absolute atomic E-state index is 12.7. The van der Waals surface area contributed by atoms with E-state index in [-0.39, 0.29) is 30.7 Å². The van der Waals surface area contributed by atoms with Crippen molar-refractivity contribution in [3.8, 4) is 0 Å². The minimum Gasteiger partial charge on any atom is -0.381 e. The van der Waals surface area contributed by atoms with Gasteiger partial charge in [-0.25, -0.2) is 0 Å². The van der Waals surface area contributed by atoms with Crippen LogP contribution in [0.5, 0.6) is 0 Å². The molecule has 1 aromatic rings. The minimum absolute atomic E-state index is 0. The SMILES string of the molecule is Cc1ccc(CN(C)C)cc1NC(=O)C1(CN)CCOCC1.Cl.Cl. The van der Waals surface area contributed by atoms with E-state index in [1.807, 2.05) is 27.1 Å². The van der Waals surface area contributed by atoms with Crippen molar-refractivity contribution in [1.29, 1.82) is 0 Å². The van der Waals surface area contributed by atoms with E-state index >= 15 is 0 Å². The number of nitrogens with two attached hydrogens (primary N) is 1. The number of amides is 1. The molecule has 0 aromatic heterocycles. The normalized spacial score (nSPS) is 16.0. The van der Waals surface area contributed by atoms with Crippen LogP contribution in [0, 0.1) is 12.3 Å². The first-order valence-corrected chi connectivity index (χ1v) is 7.80. The summed E-state index contributed by atoms with van der Waals surface area (Å²) in [6.07, 6.45) is 1.37. The highest BCUT2D eigenvalue weighted by Crippen LogP contribution is 2.31. The molecule has 138 valence electrons. The second kappa shape index (κ2) is 10.2. The van der Waals surface area contributed by atoms with Crippen LogP contribution in [-0.2, 0) is 16.1 Å². The highest BCUT2D eigenvalue weighted by Gasteiger charge is 2.38. The summed E-state index contributed by atoms with van der Waals surface area (Å²) in [6.45, 7) is 4.42. The number of carbonyl (C=O) groups is 1. The first kappa shape index (κ1) is 23.1. The van der Waals surface area contributed by atoms with E-state index in [0.717, 1.165) is 17.8 Å². The van der Waals surface area contributed by atoms with E-state index in [1.54, 1.807) is 0 Å². The molecule has 0 atom stereocenters. The van der Waals surface area contributed by atoms with Gasteiger partial charge in [0, 0.05) is 32.0 Å². The van der Waals surface area contributed by atoms with Crippen LogP contribution in [0.3, 0.4) is 0 Å². The van der Waals surface area contributed by atoms with Crippen LogP contribution in [0.2, 0.25) is 0 Å². The molecule has 5 nitrogen and oxygen atoms in total. The maximum Gasteiger partial charge on any atom is 0.232 e. The Morgan fingerprint density at radius 2 is 1.92 bits per heavy atom. The highest BCUT2D eigenvalue weighted by atomic mass is 35.5. The zero-order chi connectivity index (χ0) is 16.2. The minimum atomic E-state index is -0.498. The largest absolute Gasteiger partial charge is 0.381 e. The number of hydrogen-bond donors (Lipinski definition) is 2. The molecule has 0 unspecified atom stereocenters. The van der Waals surface area contributed by atoms with E-state index < -0.39 is 5.41 Å². The number of aryl methyl sites for hydroxylation is 1. The lowest BCUT2D eigenvalue weighted by molar-refractivity contribution is -0.130. The second-order valence-electron chi connectivity index (χ2n) is 6.44. The number of anilines is 1. The third-order valence-corrected chi connectivity index (χ3v) is 4.37. The fourth-order valence-corrected chi connectivity index (χ4v) is 2.81. The summed E-state index contributed by atoms with van der Waals surface area (Å²) in [5, 5.41) is 3.09. The molecule has 1 heterocycles. The summed E-state index contributed by atoms with van der Waals surface area (Å²) >= 11 is 0. The number of benzene rings is 1. The van der Waals surface area contributed by atoms with Crippen molar-refractivity contribution in [2.24, 2.45) is 11.1 Å². The number of halogens is 2. The van der Waals surface area contributed by atoms with E-state index in [4.69, 9.17) is 10.5 Å². The Morgan fingerprint density at radius 1 is 1.29 bits per heavy atom. The van der Waals surface area contributed by atoms with Crippen molar-refractivity contribution < 1.29 is 9.53 Å². The van der Waals surface area contributed by atoms with Crippen molar-refractivity contribution in [3.05, 3.63) is 29.3 Å². The number of rotatable bonds is 5. The van der Waals surface area contributed by atoms with Crippen molar-refractivity contribution in [2.75, 3.05) is 39.2 Å². The lowest BCUT2D eigenvalue weighted by atomic mass is 9.79. The van der Waals surface area contributed by atoms with Gasteiger partial charge in [0.15, 0.2) is 0 Å². The molecule has 3 N–H and O–H groups in total. The summed E-state index contributed by atoms with van der Waals surface area (Å²) in [6, 6.07) is 6.20. The molecule has 7 heteroatoms. The third kappa shape index (κ3) is 5.60. The molecule has 1 aliphatic rings. The molecule has 1 amide bonds. The molecule has 1 saturated heterocycles. The smallest absolute Gasteiger partial charge is 0.232 e. The molecule has 1 aromatic carbocycles. The van der Waals surface area contributed by atoms with Crippen molar-refractivity contribution >= 4 is 36.4 Å². The first-order valence-electron chi connectivity index (χ1n) is 7.80. The first-order chi connectivity index (χ1) is 10.5. The average Bonchev–Trinajstić information content (AvgIpc) is 2.50. The number of carbonyl (C=O) groups excluding carboxylic acids is 1. The lowest BCUT2D eigenvalue weighted by Crippen LogP contribution is -2.46. The van der Waals surface area contributed by atoms with Crippen LogP contribution in [0.25, 0.3) is 0 Å². The number of hydrogen-bond acceptors (Lipinski definition) is 4. The molecule has 1 fully saturated rings. The van der Waals surface area contributed by atoms with Crippen LogP contribution >= 0.6 is 24.8 Å². The van der Waals surface area contributed by atoms with E-state index in [9.17, 15) is 4.79 Å². The molecule has 0 radical (unpaired) electrons. The molecular weight excluding hydrogens is 349 g/mol. The highest BCUT2D eigenvalue weighted by molar-refractivity contribution is 5.96. The van der Waals surface area contributed by atoms with E-state index in [1.165, 1.54) is 5.56 Å². The van der Waals surface area contributed by atoms with Crippen molar-refractivity contribution in [3.63, 3.8) is 0 Å². The lowest BCUT2D eigenvalue weighted by Gasteiger charge is -2.34. The van der Waals surface area contributed by atoms with E-state index in [0.29, 0.717) is 32.6 Å². The van der Waals surface area contributed by atoms with Gasteiger partial charge in [-0.3, -0.25) is 4.79 Å². The maximum atomic E-state index is 12.7. The Kier molecular flexibility index (Phi) is 9.85. The quantitative estimate of drug-likeness (QED) is 0.827. The average molecular weight is 378 g/mol. The fraction of sp³-hybridized carbons (Fsp3) is 0.588. The Hall–Kier alpha value is -0.850. The molecule has 24 heavy (non-hydrogen) atoms. The molecule has 0 bridgehead atoms. The summed E-state index contributed by atoms with van der Waals surface area (Å²) in [5.41, 5.74) is 8.53. The number of ether oxygens (including phenoxy) is 1. The van der Waals surface area contributed by atoms with Gasteiger partial charge in [-0.15, -0.1) is 24.8 Å². The van der Waals surface area contributed by atoms with Crippen molar-refractivity contribution in [2.45, 2.75) is 26.3 Å². The molecule has 0 aliphatic carbocycles. The summed E-state index contributed by atoms with van der Waals surface area (Å²) in [7, 11) is 4.06. The van der Waals surface area contributed by atoms with Gasteiger partial charge in [-0.05, 0) is 51.1 Å². The van der Waals surface area contributed by atoms with Crippen LogP contribution in [0.1, 0.15) is 24.0 Å². The van der Waals surface area contributed by atoms with Crippen LogP contribution in [0.15, 0.2) is 18.2 Å². The zero-order valence-corrected chi connectivity index (χ0v) is 16.3. The Bertz CT molecular complexity index is 533. The molecular formula is C17H29Cl2N3O2. The third-order valence-electron chi connectivity index (χ3n) is 4.37. The Balaban J connectivity index is 0.00000264. The van der Waals surface area contributed by atoms with E-state index in [2.05, 4.69) is 22.3 Å². The predicted molar refractivity (Wildman–Crippen MR) is 103 cm³/mol. The predicted octanol–water partition coefficient (Wildman–Crippen LogP) is 2.59. The van der Waals surface area contributed by atoms with Gasteiger partial charge in [0.1, 0.15) is 0 Å². The van der Waals surface area contributed by atoms with Gasteiger partial charge < -0.3 is 20.7 Å². The standard InChI is InChI=1S/C17H27N3O2.2ClH/c1-13-4-5-14(11-20(2)3)10-15(13)19-16(21)17(12-18)6-8-22-9-7-17;;/h4-5,10H,6-9,11-12,18H2,1-3H3,(H,19,21);2*1H. The van der Waals surface area contributed by atoms with Gasteiger partial charge in [0.05, 0.1) is 5.41 Å². The van der Waals surface area contributed by atoms with Crippen LogP contribution < -0.4 is 11.1 Å². The van der Waals surface area contributed by atoms with Crippen molar-refractivity contribution in [1.82, 2.24) is 4.90 Å². The van der Waals surface area contributed by atoms with Gasteiger partial charge >= 0.3 is 0 Å². The molecule has 2 rings (SSSR count). The molecule has 0 saturated carbocycles. The second-order valence-corrected chi connectivity index (χ2v) is 6.44. The van der Waals surface area contributed by atoms with Gasteiger partial charge in [0.2, 0.25) is 5.91 Å². The number of nitrogens with one attached hydrogen (secondary N) is 1. The zero-order valence-electron chi connectivity index (χ0n) is 14.6. The molecule has 1 aliphatic heterocycles. The summed E-state index contributed by atoms with van der Waals surface area (Å²) in [5.74, 6) is 0.0170. The van der Waals surface area contributed by atoms with Crippen LogP contribution in [-0.4, -0.2) is 44.7 Å². The monoisotopic (exact) mass is 377 g/mol. The van der Waals surface area contributed by atoms with Gasteiger partial charge in [-0.2, -0.15) is 0 Å². The van der Waals surface area contributed by atoms with Crippen LogP contribution in [0.4, 0.5) is 5.69 Å². The fourth-order valence-electron chi connectivity index (χ4n) is 2.81. The van der Waals surface area contributed by atoms with Gasteiger partial charge in [-0.1, -0.05) is 12.1 Å². The summed E-state index contributed by atoms with van der Waals surface area (Å²) < 4.78 is 5.37. The summed E-state index contributed by atoms with van der Waals surface area (Å²) in [4.78, 5) is 14.9. The molecule has 0 spiro atoms.